The minimum atomic E-state index is -0.992. The highest BCUT2D eigenvalue weighted by atomic mass is 32.1. The first-order chi connectivity index (χ1) is 15.4. The third-order valence-corrected chi connectivity index (χ3v) is 5.70. The number of rotatable bonds is 7. The van der Waals surface area contributed by atoms with E-state index in [1.807, 2.05) is 6.92 Å². The molecule has 0 radical (unpaired) electrons. The van der Waals surface area contributed by atoms with Crippen LogP contribution in [-0.2, 0) is 4.79 Å². The lowest BCUT2D eigenvalue weighted by molar-refractivity contribution is -0.384. The fourth-order valence-corrected chi connectivity index (χ4v) is 4.15. The Bertz CT molecular complexity index is 1200. The number of anilines is 1. The molecule has 0 saturated heterocycles. The van der Waals surface area contributed by atoms with Crippen LogP contribution in [0.15, 0.2) is 71.4 Å². The van der Waals surface area contributed by atoms with Crippen LogP contribution in [0.4, 0.5) is 10.8 Å². The van der Waals surface area contributed by atoms with Gasteiger partial charge in [-0.3, -0.25) is 24.6 Å². The zero-order valence-electron chi connectivity index (χ0n) is 16.8. The number of Topliss-reactive ketones (excluding diaryl/α,β-unsaturated/α-hetero) is 1. The molecule has 2 aromatic carbocycles. The number of hydrogen-bond donors (Lipinski definition) is 1. The second kappa shape index (κ2) is 8.60. The molecule has 1 atom stereocenters. The quantitative estimate of drug-likeness (QED) is 0.324. The van der Waals surface area contributed by atoms with Crippen molar-refractivity contribution in [3.8, 4) is 5.75 Å². The molecule has 0 aliphatic carbocycles. The Morgan fingerprint density at radius 2 is 1.91 bits per heavy atom. The smallest absolute Gasteiger partial charge is 0.296 e. The molecule has 0 spiro atoms. The molecule has 10 heteroatoms. The molecule has 0 fully saturated rings. The third-order valence-electron chi connectivity index (χ3n) is 4.93. The van der Waals surface area contributed by atoms with Crippen LogP contribution in [0, 0.1) is 10.1 Å². The second-order valence-electron chi connectivity index (χ2n) is 6.79. The Hall–Kier alpha value is -4.05. The number of carbonyl (C=O) groups is 2. The van der Waals surface area contributed by atoms with Crippen molar-refractivity contribution in [3.05, 3.63) is 92.7 Å². The third kappa shape index (κ3) is 3.71. The fraction of sp³-hybridized carbons (Fsp3) is 0.136. The number of aromatic nitrogens is 1. The van der Waals surface area contributed by atoms with Crippen molar-refractivity contribution in [2.45, 2.75) is 13.0 Å². The number of aliphatic hydroxyl groups excluding tert-OH is 1. The van der Waals surface area contributed by atoms with Crippen LogP contribution in [0.1, 0.15) is 28.9 Å². The average Bonchev–Trinajstić information content (AvgIpc) is 3.41. The van der Waals surface area contributed by atoms with Gasteiger partial charge in [0.1, 0.15) is 5.75 Å². The lowest BCUT2D eigenvalue weighted by Crippen LogP contribution is -2.30. The van der Waals surface area contributed by atoms with E-state index in [0.29, 0.717) is 23.1 Å². The van der Waals surface area contributed by atoms with Gasteiger partial charge in [0.05, 0.1) is 23.1 Å². The molecule has 1 amide bonds. The first-order valence-corrected chi connectivity index (χ1v) is 10.5. The van der Waals surface area contributed by atoms with Gasteiger partial charge in [-0.2, -0.15) is 0 Å². The first kappa shape index (κ1) is 21.2. The number of thiazole rings is 1. The van der Waals surface area contributed by atoms with E-state index in [9.17, 15) is 24.8 Å². The van der Waals surface area contributed by atoms with Crippen LogP contribution in [-0.4, -0.2) is 33.3 Å². The normalized spacial score (nSPS) is 15.8. The topological polar surface area (TPSA) is 123 Å². The molecule has 1 aromatic heterocycles. The maximum Gasteiger partial charge on any atom is 0.296 e. The van der Waals surface area contributed by atoms with Gasteiger partial charge in [0.15, 0.2) is 16.7 Å². The largest absolute Gasteiger partial charge is 0.503 e. The molecule has 1 aliphatic heterocycles. The van der Waals surface area contributed by atoms with Crippen molar-refractivity contribution < 1.29 is 24.4 Å². The van der Waals surface area contributed by atoms with Gasteiger partial charge in [0.2, 0.25) is 0 Å². The van der Waals surface area contributed by atoms with Crippen molar-refractivity contribution in [1.29, 1.82) is 0 Å². The highest BCUT2D eigenvalue weighted by Crippen LogP contribution is 2.42. The fourth-order valence-electron chi connectivity index (χ4n) is 3.49. The van der Waals surface area contributed by atoms with E-state index in [2.05, 4.69) is 4.98 Å². The lowest BCUT2D eigenvalue weighted by Gasteiger charge is -2.24. The highest BCUT2D eigenvalue weighted by molar-refractivity contribution is 7.13. The van der Waals surface area contributed by atoms with Crippen LogP contribution < -0.4 is 9.64 Å². The van der Waals surface area contributed by atoms with Gasteiger partial charge in [-0.05, 0) is 48.9 Å². The van der Waals surface area contributed by atoms with Crippen LogP contribution in [0.3, 0.4) is 0 Å². The van der Waals surface area contributed by atoms with Crippen molar-refractivity contribution in [2.24, 2.45) is 0 Å². The number of benzene rings is 2. The van der Waals surface area contributed by atoms with Crippen LogP contribution in [0.5, 0.6) is 5.75 Å². The van der Waals surface area contributed by atoms with Gasteiger partial charge < -0.3 is 9.84 Å². The molecule has 162 valence electrons. The number of amides is 1. The molecule has 1 aliphatic rings. The average molecular weight is 451 g/mol. The number of hydrogen-bond acceptors (Lipinski definition) is 8. The molecule has 32 heavy (non-hydrogen) atoms. The van der Waals surface area contributed by atoms with E-state index >= 15 is 0 Å². The van der Waals surface area contributed by atoms with Crippen LogP contribution in [0.2, 0.25) is 0 Å². The maximum atomic E-state index is 13.4. The summed E-state index contributed by atoms with van der Waals surface area (Å²) in [7, 11) is 0. The zero-order chi connectivity index (χ0) is 22.8. The Morgan fingerprint density at radius 1 is 1.22 bits per heavy atom. The maximum absolute atomic E-state index is 13.4. The predicted octanol–water partition coefficient (Wildman–Crippen LogP) is 4.23. The summed E-state index contributed by atoms with van der Waals surface area (Å²) in [4.78, 5) is 42.2. The van der Waals surface area contributed by atoms with Gasteiger partial charge in [-0.25, -0.2) is 4.98 Å². The number of nitro groups is 1. The number of ketones is 1. The van der Waals surface area contributed by atoms with E-state index in [4.69, 9.17) is 4.74 Å². The second-order valence-corrected chi connectivity index (χ2v) is 7.66. The Balaban J connectivity index is 1.79. The summed E-state index contributed by atoms with van der Waals surface area (Å²) in [5.41, 5.74) is 0.433. The van der Waals surface area contributed by atoms with Gasteiger partial charge in [-0.15, -0.1) is 11.3 Å². The summed E-state index contributed by atoms with van der Waals surface area (Å²) in [6, 6.07) is 10.9. The van der Waals surface area contributed by atoms with Gasteiger partial charge in [0, 0.05) is 29.3 Å². The van der Waals surface area contributed by atoms with E-state index in [1.165, 1.54) is 46.7 Å². The van der Waals surface area contributed by atoms with Crippen molar-refractivity contribution in [1.82, 2.24) is 4.98 Å². The molecular weight excluding hydrogens is 434 g/mol. The monoisotopic (exact) mass is 451 g/mol. The van der Waals surface area contributed by atoms with Gasteiger partial charge >= 0.3 is 0 Å². The molecular formula is C22H17N3O6S. The van der Waals surface area contributed by atoms with Gasteiger partial charge in [-0.1, -0.05) is 0 Å². The summed E-state index contributed by atoms with van der Waals surface area (Å²) < 4.78 is 5.39. The summed E-state index contributed by atoms with van der Waals surface area (Å²) in [6.45, 7) is 2.31. The summed E-state index contributed by atoms with van der Waals surface area (Å²) in [5.74, 6) is -1.40. The minimum Gasteiger partial charge on any atom is -0.503 e. The molecule has 0 saturated carbocycles. The number of nitrogens with zero attached hydrogens (tertiary/aromatic N) is 3. The van der Waals surface area contributed by atoms with Crippen LogP contribution >= 0.6 is 11.3 Å². The van der Waals surface area contributed by atoms with E-state index < -0.39 is 28.4 Å². The zero-order valence-corrected chi connectivity index (χ0v) is 17.6. The number of ether oxygens (including phenoxy) is 1. The highest BCUT2D eigenvalue weighted by Gasteiger charge is 2.45. The standard InChI is InChI=1S/C22H17N3O6S/c1-2-31-16-9-5-14(6-10-16)19(26)17-18(13-3-7-15(8-4-13)25(29)30)24(21(28)20(17)27)22-23-11-12-32-22/h3-12,18,27H,2H2,1H3. The number of aliphatic hydroxyl groups is 1. The Morgan fingerprint density at radius 3 is 2.47 bits per heavy atom. The minimum absolute atomic E-state index is 0.122. The molecule has 9 nitrogen and oxygen atoms in total. The van der Waals surface area contributed by atoms with Crippen molar-refractivity contribution >= 4 is 33.8 Å². The predicted molar refractivity (Wildman–Crippen MR) is 117 cm³/mol. The van der Waals surface area contributed by atoms with Gasteiger partial charge in [0.25, 0.3) is 11.6 Å². The summed E-state index contributed by atoms with van der Waals surface area (Å²) in [5, 5.41) is 23.7. The van der Waals surface area contributed by atoms with E-state index in [-0.39, 0.29) is 16.8 Å². The van der Waals surface area contributed by atoms with Crippen LogP contribution in [0.25, 0.3) is 0 Å². The van der Waals surface area contributed by atoms with E-state index in [1.54, 1.807) is 29.6 Å². The van der Waals surface area contributed by atoms with Crippen molar-refractivity contribution in [2.75, 3.05) is 11.5 Å². The number of nitro benzene ring substituents is 1. The Labute approximate surface area is 186 Å². The van der Waals surface area contributed by atoms with Crippen molar-refractivity contribution in [3.63, 3.8) is 0 Å². The lowest BCUT2D eigenvalue weighted by atomic mass is 9.93. The first-order valence-electron chi connectivity index (χ1n) is 9.60. The number of carbonyl (C=O) groups excluding carboxylic acids is 2. The summed E-state index contributed by atoms with van der Waals surface area (Å²) in [6.07, 6.45) is 1.50. The SMILES string of the molecule is CCOc1ccc(C(=O)C2=C(O)C(=O)N(c3nccs3)C2c2ccc([N+](=O)[O-])cc2)cc1. The molecule has 1 unspecified atom stereocenters. The molecule has 3 aromatic rings. The number of non-ortho nitro benzene ring substituents is 1. The van der Waals surface area contributed by atoms with E-state index in [0.717, 1.165) is 0 Å². The molecule has 4 rings (SSSR count). The molecule has 0 bridgehead atoms. The summed E-state index contributed by atoms with van der Waals surface area (Å²) >= 11 is 1.17. The molecule has 2 heterocycles. The molecule has 1 N–H and O–H groups in total. The Kier molecular flexibility index (Phi) is 5.69.